The van der Waals surface area contributed by atoms with Crippen molar-refractivity contribution < 1.29 is 14.7 Å². The van der Waals surface area contributed by atoms with Crippen molar-refractivity contribution in [3.8, 4) is 0 Å². The van der Waals surface area contributed by atoms with Gasteiger partial charge in [0.1, 0.15) is 5.28 Å². The third-order valence-electron chi connectivity index (χ3n) is 2.84. The average Bonchev–Trinajstić information content (AvgIpc) is 2.53. The lowest BCUT2D eigenvalue weighted by atomic mass is 9.86. The van der Waals surface area contributed by atoms with Crippen LogP contribution in [0.4, 0.5) is 0 Å². The number of benzene rings is 2. The third-order valence-corrected chi connectivity index (χ3v) is 2.84. The van der Waals surface area contributed by atoms with Gasteiger partial charge in [-0.25, -0.2) is 4.79 Å². The number of aliphatic hydroxyl groups is 1. The molecule has 6 heteroatoms. The molecule has 0 aliphatic carbocycles. The van der Waals surface area contributed by atoms with Gasteiger partial charge in [-0.2, -0.15) is 0 Å². The molecule has 0 heterocycles. The maximum absolute atomic E-state index is 12.1. The summed E-state index contributed by atoms with van der Waals surface area (Å²) in [5, 5.41) is 13.6. The maximum Gasteiger partial charge on any atom is 0.359 e. The molecule has 0 aliphatic heterocycles. The highest BCUT2D eigenvalue weighted by Gasteiger charge is 2.41. The Labute approximate surface area is 114 Å². The first kappa shape index (κ1) is 13.6. The van der Waals surface area contributed by atoms with E-state index in [0.29, 0.717) is 11.1 Å². The molecule has 0 saturated carbocycles. The second kappa shape index (κ2) is 5.88. The van der Waals surface area contributed by atoms with E-state index in [2.05, 4.69) is 15.0 Å². The molecule has 0 saturated heterocycles. The Hall–Kier alpha value is -2.82. The summed E-state index contributed by atoms with van der Waals surface area (Å²) in [7, 11) is 0. The van der Waals surface area contributed by atoms with Crippen LogP contribution in [0.5, 0.6) is 0 Å². The molecule has 0 amide bonds. The molecule has 0 aromatic heterocycles. The predicted molar refractivity (Wildman–Crippen MR) is 71.1 cm³/mol. The van der Waals surface area contributed by atoms with E-state index in [-0.39, 0.29) is 0 Å². The van der Waals surface area contributed by atoms with Gasteiger partial charge < -0.3 is 9.94 Å². The lowest BCUT2D eigenvalue weighted by Gasteiger charge is -2.25. The van der Waals surface area contributed by atoms with E-state index in [9.17, 15) is 9.90 Å². The summed E-state index contributed by atoms with van der Waals surface area (Å²) in [5.41, 5.74) is 6.84. The summed E-state index contributed by atoms with van der Waals surface area (Å²) in [4.78, 5) is 18.8. The van der Waals surface area contributed by atoms with Crippen LogP contribution in [0.2, 0.25) is 0 Å². The summed E-state index contributed by atoms with van der Waals surface area (Å²) < 4.78 is 0. The zero-order valence-corrected chi connectivity index (χ0v) is 10.4. The number of carbonyl (C=O) groups is 1. The fourth-order valence-corrected chi connectivity index (χ4v) is 1.88. The molecule has 0 fully saturated rings. The van der Waals surface area contributed by atoms with E-state index in [1.807, 2.05) is 0 Å². The van der Waals surface area contributed by atoms with Crippen molar-refractivity contribution in [2.24, 2.45) is 5.28 Å². The molecule has 2 aromatic rings. The normalized spacial score (nSPS) is 10.4. The zero-order valence-electron chi connectivity index (χ0n) is 10.4. The maximum atomic E-state index is 12.1. The van der Waals surface area contributed by atoms with E-state index < -0.39 is 11.6 Å². The summed E-state index contributed by atoms with van der Waals surface area (Å²) in [6, 6.07) is 16.6. The van der Waals surface area contributed by atoms with Crippen LogP contribution in [0.1, 0.15) is 11.1 Å². The van der Waals surface area contributed by atoms with E-state index in [1.165, 1.54) is 0 Å². The van der Waals surface area contributed by atoms with Crippen molar-refractivity contribution in [3.63, 3.8) is 0 Å². The Kier molecular flexibility index (Phi) is 4.00. The van der Waals surface area contributed by atoms with Crippen LogP contribution in [0, 0.1) is 0 Å². The predicted octanol–water partition coefficient (Wildman–Crippen LogP) is 2.69. The van der Waals surface area contributed by atoms with Gasteiger partial charge in [0.25, 0.3) is 0 Å². The number of azide groups is 1. The number of hydrogen-bond donors (Lipinski definition) is 1. The Morgan fingerprint density at radius 1 is 1.05 bits per heavy atom. The first-order chi connectivity index (χ1) is 9.69. The van der Waals surface area contributed by atoms with Crippen molar-refractivity contribution in [2.75, 3.05) is 0 Å². The van der Waals surface area contributed by atoms with Gasteiger partial charge in [-0.05, 0) is 16.7 Å². The van der Waals surface area contributed by atoms with Crippen LogP contribution in [0.3, 0.4) is 0 Å². The highest BCUT2D eigenvalue weighted by atomic mass is 16.7. The average molecular weight is 269 g/mol. The van der Waals surface area contributed by atoms with Crippen LogP contribution in [-0.4, -0.2) is 11.1 Å². The lowest BCUT2D eigenvalue weighted by molar-refractivity contribution is -0.162. The Morgan fingerprint density at radius 3 is 1.90 bits per heavy atom. The number of hydrogen-bond acceptors (Lipinski definition) is 4. The first-order valence-electron chi connectivity index (χ1n) is 5.79. The Bertz CT molecular complexity index is 598. The molecule has 0 bridgehead atoms. The molecular formula is C14H11N3O3. The monoisotopic (exact) mass is 269 g/mol. The van der Waals surface area contributed by atoms with Gasteiger partial charge in [0, 0.05) is 4.91 Å². The van der Waals surface area contributed by atoms with Crippen LogP contribution in [-0.2, 0) is 15.2 Å². The second-order valence-corrected chi connectivity index (χ2v) is 3.99. The van der Waals surface area contributed by atoms with Crippen LogP contribution < -0.4 is 0 Å². The third kappa shape index (κ3) is 2.47. The Balaban J connectivity index is 2.54. The van der Waals surface area contributed by atoms with Gasteiger partial charge in [0.15, 0.2) is 0 Å². The molecule has 2 aromatic carbocycles. The van der Waals surface area contributed by atoms with E-state index in [1.54, 1.807) is 60.7 Å². The standard InChI is InChI=1S/C14H11N3O3/c15-16-17-20-13(18)14(19,11-7-3-1-4-8-11)12-9-5-2-6-10-12/h1-10,19H. The number of carbonyl (C=O) groups excluding carboxylic acids is 1. The SMILES string of the molecule is [N-]=[N+]=NOC(=O)C(O)(c1ccccc1)c1ccccc1. The minimum Gasteiger partial charge on any atom is -0.370 e. The fraction of sp³-hybridized carbons (Fsp3) is 0.0714. The van der Waals surface area contributed by atoms with Crippen molar-refractivity contribution >= 4 is 5.97 Å². The minimum absolute atomic E-state index is 0.323. The number of nitrogens with zero attached hydrogens (tertiary/aromatic N) is 3. The molecule has 0 spiro atoms. The molecule has 6 nitrogen and oxygen atoms in total. The van der Waals surface area contributed by atoms with Crippen molar-refractivity contribution in [1.29, 1.82) is 0 Å². The smallest absolute Gasteiger partial charge is 0.359 e. The van der Waals surface area contributed by atoms with Crippen molar-refractivity contribution in [2.45, 2.75) is 5.60 Å². The zero-order chi connectivity index (χ0) is 14.4. The highest BCUT2D eigenvalue weighted by Crippen LogP contribution is 2.31. The number of rotatable bonds is 4. The molecule has 0 radical (unpaired) electrons. The molecular weight excluding hydrogens is 258 g/mol. The van der Waals surface area contributed by atoms with Gasteiger partial charge in [-0.3, -0.25) is 0 Å². The molecule has 100 valence electrons. The van der Waals surface area contributed by atoms with Gasteiger partial charge in [0.2, 0.25) is 5.60 Å². The van der Waals surface area contributed by atoms with Crippen LogP contribution in [0.25, 0.3) is 10.4 Å². The van der Waals surface area contributed by atoms with Crippen LogP contribution in [0.15, 0.2) is 65.9 Å². The Morgan fingerprint density at radius 2 is 1.50 bits per heavy atom. The van der Waals surface area contributed by atoms with Crippen molar-refractivity contribution in [3.05, 3.63) is 82.2 Å². The quantitative estimate of drug-likeness (QED) is 0.400. The second-order valence-electron chi connectivity index (χ2n) is 3.99. The molecule has 0 atom stereocenters. The van der Waals surface area contributed by atoms with Gasteiger partial charge in [-0.15, -0.1) is 0 Å². The topological polar surface area (TPSA) is 95.3 Å². The molecule has 0 unspecified atom stereocenters. The molecule has 2 rings (SSSR count). The summed E-state index contributed by atoms with van der Waals surface area (Å²) in [6.07, 6.45) is 0. The van der Waals surface area contributed by atoms with Crippen molar-refractivity contribution in [1.82, 2.24) is 0 Å². The first-order valence-corrected chi connectivity index (χ1v) is 5.79. The minimum atomic E-state index is -2.03. The molecule has 20 heavy (non-hydrogen) atoms. The van der Waals surface area contributed by atoms with Gasteiger partial charge in [0.05, 0.1) is 0 Å². The fourth-order valence-electron chi connectivity index (χ4n) is 1.88. The van der Waals surface area contributed by atoms with Crippen LogP contribution >= 0.6 is 0 Å². The summed E-state index contributed by atoms with van der Waals surface area (Å²) >= 11 is 0. The lowest BCUT2D eigenvalue weighted by Crippen LogP contribution is -2.37. The summed E-state index contributed by atoms with van der Waals surface area (Å²) in [5.74, 6) is -1.06. The van der Waals surface area contributed by atoms with E-state index >= 15 is 0 Å². The highest BCUT2D eigenvalue weighted by molar-refractivity contribution is 5.85. The summed E-state index contributed by atoms with van der Waals surface area (Å²) in [6.45, 7) is 0. The largest absolute Gasteiger partial charge is 0.370 e. The van der Waals surface area contributed by atoms with E-state index in [4.69, 9.17) is 5.53 Å². The van der Waals surface area contributed by atoms with Gasteiger partial charge in [-0.1, -0.05) is 60.7 Å². The molecule has 1 N–H and O–H groups in total. The van der Waals surface area contributed by atoms with E-state index in [0.717, 1.165) is 0 Å². The molecule has 0 aliphatic rings. The van der Waals surface area contributed by atoms with Gasteiger partial charge >= 0.3 is 5.97 Å².